The number of carbonyl (C=O) groups excluding carboxylic acids is 1. The Balaban J connectivity index is 1.47. The molecule has 1 saturated heterocycles. The second-order valence-electron chi connectivity index (χ2n) is 6.78. The molecule has 0 bridgehead atoms. The number of halogens is 1. The number of pyridine rings is 1. The van der Waals surface area contributed by atoms with Crippen LogP contribution in [0.5, 0.6) is 0 Å². The summed E-state index contributed by atoms with van der Waals surface area (Å²) in [5.74, 6) is -0.149. The quantitative estimate of drug-likeness (QED) is 0.716. The van der Waals surface area contributed by atoms with Gasteiger partial charge in [0.05, 0.1) is 23.9 Å². The average Bonchev–Trinajstić information content (AvgIpc) is 3.11. The van der Waals surface area contributed by atoms with E-state index in [1.54, 1.807) is 16.7 Å². The molecule has 1 amide bonds. The first-order valence-corrected chi connectivity index (χ1v) is 9.90. The van der Waals surface area contributed by atoms with Gasteiger partial charge in [-0.1, -0.05) is 30.7 Å². The Hall–Kier alpha value is -2.57. The van der Waals surface area contributed by atoms with E-state index in [1.165, 1.54) is 5.69 Å². The highest BCUT2D eigenvalue weighted by Crippen LogP contribution is 2.19. The summed E-state index contributed by atoms with van der Waals surface area (Å²) in [6.45, 7) is 5.80. The Kier molecular flexibility index (Phi) is 5.50. The number of anilines is 1. The third-order valence-electron chi connectivity index (χ3n) is 4.97. The summed E-state index contributed by atoms with van der Waals surface area (Å²) in [7, 11) is 0. The monoisotopic (exact) mass is 398 g/mol. The van der Waals surface area contributed by atoms with E-state index in [-0.39, 0.29) is 5.91 Å². The normalized spacial score (nSPS) is 14.4. The maximum Gasteiger partial charge on any atom is 0.270 e. The molecular formula is C21H23ClN4O2. The molecule has 3 aromatic rings. The minimum absolute atomic E-state index is 0.149. The van der Waals surface area contributed by atoms with Gasteiger partial charge in [-0.05, 0) is 36.2 Å². The highest BCUT2D eigenvalue weighted by Gasteiger charge is 2.18. The standard InChI is InChI=1S/C21H23ClN4O2/c1-2-18-20(26-14-16(22)5-8-19(26)24-18)21(27)23-13-15-3-6-17(7-4-15)25-9-11-28-12-10-25/h3-8,14H,2,9-13H2,1H3,(H,23,27). The highest BCUT2D eigenvalue weighted by atomic mass is 35.5. The Morgan fingerprint density at radius 3 is 2.64 bits per heavy atom. The zero-order valence-electron chi connectivity index (χ0n) is 15.8. The van der Waals surface area contributed by atoms with E-state index in [4.69, 9.17) is 16.3 Å². The average molecular weight is 399 g/mol. The number of nitrogens with one attached hydrogen (secondary N) is 1. The summed E-state index contributed by atoms with van der Waals surface area (Å²) >= 11 is 6.11. The molecule has 146 valence electrons. The van der Waals surface area contributed by atoms with Gasteiger partial charge in [-0.3, -0.25) is 9.20 Å². The van der Waals surface area contributed by atoms with Gasteiger partial charge in [-0.2, -0.15) is 0 Å². The summed E-state index contributed by atoms with van der Waals surface area (Å²) in [5, 5.41) is 3.58. The fraction of sp³-hybridized carbons (Fsp3) is 0.333. The van der Waals surface area contributed by atoms with Crippen LogP contribution in [0.2, 0.25) is 5.02 Å². The predicted molar refractivity (Wildman–Crippen MR) is 110 cm³/mol. The van der Waals surface area contributed by atoms with Crippen LogP contribution in [0.4, 0.5) is 5.69 Å². The van der Waals surface area contributed by atoms with Crippen LogP contribution in [0.1, 0.15) is 28.7 Å². The smallest absolute Gasteiger partial charge is 0.270 e. The molecule has 3 heterocycles. The fourth-order valence-electron chi connectivity index (χ4n) is 3.47. The number of hydrogen-bond acceptors (Lipinski definition) is 4. The number of morpholine rings is 1. The Bertz CT molecular complexity index is 978. The molecule has 1 N–H and O–H groups in total. The van der Waals surface area contributed by atoms with Crippen LogP contribution in [-0.4, -0.2) is 41.6 Å². The Labute approximate surface area is 169 Å². The van der Waals surface area contributed by atoms with Crippen molar-refractivity contribution in [2.24, 2.45) is 0 Å². The molecule has 28 heavy (non-hydrogen) atoms. The molecule has 1 aliphatic rings. The molecule has 7 heteroatoms. The molecule has 2 aromatic heterocycles. The summed E-state index contributed by atoms with van der Waals surface area (Å²) < 4.78 is 7.16. The number of fused-ring (bicyclic) bond motifs is 1. The van der Waals surface area contributed by atoms with Crippen molar-refractivity contribution >= 4 is 28.8 Å². The fourth-order valence-corrected chi connectivity index (χ4v) is 3.63. The molecule has 0 unspecified atom stereocenters. The number of aryl methyl sites for hydroxylation is 1. The predicted octanol–water partition coefficient (Wildman–Crippen LogP) is 3.32. The second-order valence-corrected chi connectivity index (χ2v) is 7.22. The molecule has 0 saturated carbocycles. The van der Waals surface area contributed by atoms with Crippen LogP contribution < -0.4 is 10.2 Å². The van der Waals surface area contributed by atoms with E-state index in [2.05, 4.69) is 39.5 Å². The van der Waals surface area contributed by atoms with E-state index in [0.717, 1.165) is 43.2 Å². The molecule has 1 aromatic carbocycles. The van der Waals surface area contributed by atoms with E-state index >= 15 is 0 Å². The van der Waals surface area contributed by atoms with Gasteiger partial charge in [0, 0.05) is 31.5 Å². The van der Waals surface area contributed by atoms with Crippen molar-refractivity contribution in [2.45, 2.75) is 19.9 Å². The van der Waals surface area contributed by atoms with Gasteiger partial charge in [0.15, 0.2) is 0 Å². The molecule has 6 nitrogen and oxygen atoms in total. The lowest BCUT2D eigenvalue weighted by atomic mass is 10.1. The number of amides is 1. The van der Waals surface area contributed by atoms with Crippen molar-refractivity contribution in [3.8, 4) is 0 Å². The maximum atomic E-state index is 12.9. The molecule has 0 aliphatic carbocycles. The molecule has 1 aliphatic heterocycles. The molecule has 0 spiro atoms. The van der Waals surface area contributed by atoms with Crippen molar-refractivity contribution in [1.29, 1.82) is 0 Å². The van der Waals surface area contributed by atoms with Crippen molar-refractivity contribution in [3.63, 3.8) is 0 Å². The number of rotatable bonds is 5. The van der Waals surface area contributed by atoms with E-state index < -0.39 is 0 Å². The minimum atomic E-state index is -0.149. The summed E-state index contributed by atoms with van der Waals surface area (Å²) in [6, 6.07) is 11.9. The van der Waals surface area contributed by atoms with Gasteiger partial charge in [-0.15, -0.1) is 0 Å². The molecular weight excluding hydrogens is 376 g/mol. The van der Waals surface area contributed by atoms with E-state index in [0.29, 0.717) is 23.7 Å². The van der Waals surface area contributed by atoms with Crippen LogP contribution in [0.15, 0.2) is 42.6 Å². The third-order valence-corrected chi connectivity index (χ3v) is 5.19. The van der Waals surface area contributed by atoms with Gasteiger partial charge in [-0.25, -0.2) is 4.98 Å². The van der Waals surface area contributed by atoms with Gasteiger partial charge < -0.3 is 15.0 Å². The lowest BCUT2D eigenvalue weighted by Crippen LogP contribution is -2.36. The number of aromatic nitrogens is 2. The lowest BCUT2D eigenvalue weighted by molar-refractivity contribution is 0.0944. The van der Waals surface area contributed by atoms with Gasteiger partial charge in [0.1, 0.15) is 11.3 Å². The zero-order chi connectivity index (χ0) is 19.5. The Morgan fingerprint density at radius 1 is 1.18 bits per heavy atom. The van der Waals surface area contributed by atoms with Gasteiger partial charge in [0.2, 0.25) is 0 Å². The summed E-state index contributed by atoms with van der Waals surface area (Å²) in [6.07, 6.45) is 2.41. The van der Waals surface area contributed by atoms with Crippen LogP contribution in [0, 0.1) is 0 Å². The van der Waals surface area contributed by atoms with Crippen LogP contribution in [0.25, 0.3) is 5.65 Å². The second kappa shape index (κ2) is 8.20. The maximum absolute atomic E-state index is 12.9. The highest BCUT2D eigenvalue weighted by molar-refractivity contribution is 6.30. The molecule has 0 atom stereocenters. The molecule has 1 fully saturated rings. The van der Waals surface area contributed by atoms with Crippen molar-refractivity contribution in [1.82, 2.24) is 14.7 Å². The van der Waals surface area contributed by atoms with Gasteiger partial charge in [0.25, 0.3) is 5.91 Å². The Morgan fingerprint density at radius 2 is 1.93 bits per heavy atom. The largest absolute Gasteiger partial charge is 0.378 e. The van der Waals surface area contributed by atoms with Gasteiger partial charge >= 0.3 is 0 Å². The number of carbonyl (C=O) groups is 1. The van der Waals surface area contributed by atoms with E-state index in [9.17, 15) is 4.79 Å². The number of ether oxygens (including phenoxy) is 1. The number of hydrogen-bond donors (Lipinski definition) is 1. The third kappa shape index (κ3) is 3.84. The summed E-state index contributed by atoms with van der Waals surface area (Å²) in [5.41, 5.74) is 4.27. The van der Waals surface area contributed by atoms with Crippen molar-refractivity contribution < 1.29 is 9.53 Å². The van der Waals surface area contributed by atoms with Crippen LogP contribution in [-0.2, 0) is 17.7 Å². The molecule has 0 radical (unpaired) electrons. The SMILES string of the molecule is CCc1nc2ccc(Cl)cn2c1C(=O)NCc1ccc(N2CCOCC2)cc1. The van der Waals surface area contributed by atoms with E-state index in [1.807, 2.05) is 13.0 Å². The minimum Gasteiger partial charge on any atom is -0.378 e. The van der Waals surface area contributed by atoms with Crippen LogP contribution >= 0.6 is 11.6 Å². The number of benzene rings is 1. The topological polar surface area (TPSA) is 58.9 Å². The first kappa shape index (κ1) is 18.8. The number of imidazole rings is 1. The summed E-state index contributed by atoms with van der Waals surface area (Å²) in [4.78, 5) is 19.7. The number of nitrogens with zero attached hydrogens (tertiary/aromatic N) is 3. The first-order chi connectivity index (χ1) is 13.7. The van der Waals surface area contributed by atoms with Crippen molar-refractivity contribution in [2.75, 3.05) is 31.2 Å². The van der Waals surface area contributed by atoms with Crippen LogP contribution in [0.3, 0.4) is 0 Å². The molecule has 4 rings (SSSR count). The lowest BCUT2D eigenvalue weighted by Gasteiger charge is -2.28. The zero-order valence-corrected chi connectivity index (χ0v) is 16.6. The first-order valence-electron chi connectivity index (χ1n) is 9.52. The van der Waals surface area contributed by atoms with Crippen molar-refractivity contribution in [3.05, 3.63) is 64.6 Å².